The third kappa shape index (κ3) is 3.02. The molecule has 3 rings (SSSR count). The Morgan fingerprint density at radius 1 is 1.22 bits per heavy atom. The minimum Gasteiger partial charge on any atom is -0.490 e. The first-order valence-electron chi connectivity index (χ1n) is 6.96. The number of hydrogen-bond acceptors (Lipinski definition) is 2. The minimum absolute atomic E-state index is 0.232. The van der Waals surface area contributed by atoms with Crippen molar-refractivity contribution in [3.8, 4) is 5.75 Å². The van der Waals surface area contributed by atoms with Crippen molar-refractivity contribution in [2.75, 3.05) is 6.61 Å². The normalized spacial score (nSPS) is 19.6. The van der Waals surface area contributed by atoms with E-state index >= 15 is 0 Å². The Morgan fingerprint density at radius 2 is 2.06 bits per heavy atom. The number of halogens is 1. The van der Waals surface area contributed by atoms with Gasteiger partial charge in [-0.2, -0.15) is 0 Å². The van der Waals surface area contributed by atoms with Crippen molar-refractivity contribution >= 4 is 0 Å². The van der Waals surface area contributed by atoms with Gasteiger partial charge in [0.15, 0.2) is 11.6 Å². The summed E-state index contributed by atoms with van der Waals surface area (Å²) in [7, 11) is 0. The molecule has 2 aliphatic rings. The Bertz CT molecular complexity index is 413. The van der Waals surface area contributed by atoms with Gasteiger partial charge in [-0.3, -0.25) is 0 Å². The van der Waals surface area contributed by atoms with Crippen LogP contribution in [-0.2, 0) is 6.54 Å². The second-order valence-corrected chi connectivity index (χ2v) is 5.53. The maximum Gasteiger partial charge on any atom is 0.165 e. The molecule has 0 radical (unpaired) electrons. The third-order valence-corrected chi connectivity index (χ3v) is 3.87. The Kier molecular flexibility index (Phi) is 3.50. The van der Waals surface area contributed by atoms with Crippen molar-refractivity contribution in [1.29, 1.82) is 0 Å². The van der Waals surface area contributed by atoms with Crippen LogP contribution >= 0.6 is 0 Å². The molecule has 2 fully saturated rings. The summed E-state index contributed by atoms with van der Waals surface area (Å²) in [6.07, 6.45) is 6.26. The lowest BCUT2D eigenvalue weighted by Gasteiger charge is -2.25. The van der Waals surface area contributed by atoms with E-state index in [2.05, 4.69) is 5.32 Å². The van der Waals surface area contributed by atoms with Gasteiger partial charge in [0, 0.05) is 12.6 Å². The number of hydrogen-bond donors (Lipinski definition) is 1. The van der Waals surface area contributed by atoms with Gasteiger partial charge >= 0.3 is 0 Å². The van der Waals surface area contributed by atoms with E-state index < -0.39 is 0 Å². The monoisotopic (exact) mass is 249 g/mol. The van der Waals surface area contributed by atoms with E-state index in [0.717, 1.165) is 12.1 Å². The maximum atomic E-state index is 13.8. The number of rotatable bonds is 6. The molecular formula is C15H20FNO. The topological polar surface area (TPSA) is 21.3 Å². The van der Waals surface area contributed by atoms with Crippen LogP contribution in [0.15, 0.2) is 18.2 Å². The van der Waals surface area contributed by atoms with Gasteiger partial charge in [0.25, 0.3) is 0 Å². The second kappa shape index (κ2) is 5.27. The zero-order chi connectivity index (χ0) is 12.4. The molecule has 0 aromatic heterocycles. The van der Waals surface area contributed by atoms with Crippen molar-refractivity contribution in [1.82, 2.24) is 5.32 Å². The van der Waals surface area contributed by atoms with Gasteiger partial charge in [-0.1, -0.05) is 12.5 Å². The lowest BCUT2D eigenvalue weighted by Crippen LogP contribution is -2.19. The fourth-order valence-corrected chi connectivity index (χ4v) is 2.19. The van der Waals surface area contributed by atoms with Crippen LogP contribution in [0.25, 0.3) is 0 Å². The van der Waals surface area contributed by atoms with E-state index in [-0.39, 0.29) is 5.82 Å². The Labute approximate surface area is 108 Å². The Morgan fingerprint density at radius 3 is 2.67 bits per heavy atom. The fourth-order valence-electron chi connectivity index (χ4n) is 2.19. The van der Waals surface area contributed by atoms with Crippen LogP contribution < -0.4 is 10.1 Å². The quantitative estimate of drug-likeness (QED) is 0.835. The number of benzene rings is 1. The molecule has 0 amide bonds. The molecule has 0 atom stereocenters. The molecular weight excluding hydrogens is 229 g/mol. The third-order valence-electron chi connectivity index (χ3n) is 3.87. The molecule has 0 heterocycles. The lowest BCUT2D eigenvalue weighted by molar-refractivity contribution is 0.175. The summed E-state index contributed by atoms with van der Waals surface area (Å²) in [4.78, 5) is 0. The second-order valence-electron chi connectivity index (χ2n) is 5.53. The van der Waals surface area contributed by atoms with E-state index in [1.54, 1.807) is 12.1 Å². The van der Waals surface area contributed by atoms with Crippen LogP contribution in [-0.4, -0.2) is 12.6 Å². The highest BCUT2D eigenvalue weighted by Gasteiger charge is 2.20. The maximum absolute atomic E-state index is 13.8. The zero-order valence-electron chi connectivity index (χ0n) is 10.6. The summed E-state index contributed by atoms with van der Waals surface area (Å²) >= 11 is 0. The standard InChI is InChI=1S/C15H20FNO/c16-14-8-12(9-17-13-5-6-13)4-7-15(14)18-10-11-2-1-3-11/h4,7-8,11,13,17H,1-3,5-6,9-10H2. The minimum atomic E-state index is -0.232. The predicted octanol–water partition coefficient (Wildman–Crippen LogP) is 3.26. The molecule has 1 aromatic rings. The molecule has 2 nitrogen and oxygen atoms in total. The molecule has 1 N–H and O–H groups in total. The van der Waals surface area contributed by atoms with Crippen LogP contribution in [0.3, 0.4) is 0 Å². The van der Waals surface area contributed by atoms with E-state index in [1.165, 1.54) is 32.1 Å². The van der Waals surface area contributed by atoms with Crippen molar-refractivity contribution in [3.05, 3.63) is 29.6 Å². The Balaban J connectivity index is 1.53. The largest absolute Gasteiger partial charge is 0.490 e. The first-order valence-corrected chi connectivity index (χ1v) is 6.96. The molecule has 98 valence electrons. The SMILES string of the molecule is Fc1cc(CNC2CC2)ccc1OCC1CCC1. The van der Waals surface area contributed by atoms with Crippen molar-refractivity contribution in [2.45, 2.75) is 44.7 Å². The van der Waals surface area contributed by atoms with Crippen LogP contribution in [0, 0.1) is 11.7 Å². The molecule has 0 aliphatic heterocycles. The van der Waals surface area contributed by atoms with Crippen LogP contribution in [0.1, 0.15) is 37.7 Å². The van der Waals surface area contributed by atoms with Crippen molar-refractivity contribution < 1.29 is 9.13 Å². The van der Waals surface area contributed by atoms with Crippen LogP contribution in [0.5, 0.6) is 5.75 Å². The number of nitrogens with one attached hydrogen (secondary N) is 1. The smallest absolute Gasteiger partial charge is 0.165 e. The van der Waals surface area contributed by atoms with E-state index in [0.29, 0.717) is 24.3 Å². The van der Waals surface area contributed by atoms with Gasteiger partial charge < -0.3 is 10.1 Å². The van der Waals surface area contributed by atoms with Crippen molar-refractivity contribution in [3.63, 3.8) is 0 Å². The van der Waals surface area contributed by atoms with Gasteiger partial charge in [0.1, 0.15) is 0 Å². The molecule has 2 aliphatic carbocycles. The van der Waals surface area contributed by atoms with Gasteiger partial charge in [-0.05, 0) is 49.3 Å². The van der Waals surface area contributed by atoms with Crippen LogP contribution in [0.2, 0.25) is 0 Å². The highest BCUT2D eigenvalue weighted by atomic mass is 19.1. The molecule has 0 saturated heterocycles. The summed E-state index contributed by atoms with van der Waals surface area (Å²) in [5, 5.41) is 3.38. The summed E-state index contributed by atoms with van der Waals surface area (Å²) in [6, 6.07) is 5.96. The summed E-state index contributed by atoms with van der Waals surface area (Å²) < 4.78 is 19.3. The van der Waals surface area contributed by atoms with Gasteiger partial charge in [0.2, 0.25) is 0 Å². The average molecular weight is 249 g/mol. The van der Waals surface area contributed by atoms with E-state index in [4.69, 9.17) is 4.74 Å². The predicted molar refractivity (Wildman–Crippen MR) is 69.1 cm³/mol. The fraction of sp³-hybridized carbons (Fsp3) is 0.600. The highest BCUT2D eigenvalue weighted by molar-refractivity contribution is 5.29. The molecule has 0 bridgehead atoms. The molecule has 3 heteroatoms. The molecule has 2 saturated carbocycles. The average Bonchev–Trinajstić information content (AvgIpc) is 3.10. The highest BCUT2D eigenvalue weighted by Crippen LogP contribution is 2.28. The summed E-state index contributed by atoms with van der Waals surface area (Å²) in [6.45, 7) is 1.42. The van der Waals surface area contributed by atoms with Crippen LogP contribution in [0.4, 0.5) is 4.39 Å². The molecule has 0 unspecified atom stereocenters. The van der Waals surface area contributed by atoms with Crippen molar-refractivity contribution in [2.24, 2.45) is 5.92 Å². The first kappa shape index (κ1) is 12.0. The van der Waals surface area contributed by atoms with Gasteiger partial charge in [-0.15, -0.1) is 0 Å². The Hall–Kier alpha value is -1.09. The van der Waals surface area contributed by atoms with Gasteiger partial charge in [-0.25, -0.2) is 4.39 Å². The zero-order valence-corrected chi connectivity index (χ0v) is 10.6. The molecule has 18 heavy (non-hydrogen) atoms. The molecule has 0 spiro atoms. The van der Waals surface area contributed by atoms with E-state index in [9.17, 15) is 4.39 Å². The lowest BCUT2D eigenvalue weighted by atomic mass is 9.86. The number of ether oxygens (including phenoxy) is 1. The van der Waals surface area contributed by atoms with E-state index in [1.807, 2.05) is 6.07 Å². The molecule has 1 aromatic carbocycles. The summed E-state index contributed by atoms with van der Waals surface area (Å²) in [5.41, 5.74) is 0.996. The first-order chi connectivity index (χ1) is 8.81. The van der Waals surface area contributed by atoms with Gasteiger partial charge in [0.05, 0.1) is 6.61 Å². The summed E-state index contributed by atoms with van der Waals surface area (Å²) in [5.74, 6) is 0.808.